The van der Waals surface area contributed by atoms with Crippen molar-refractivity contribution in [2.24, 2.45) is 5.73 Å². The van der Waals surface area contributed by atoms with Crippen molar-refractivity contribution in [2.45, 2.75) is 26.3 Å². The lowest BCUT2D eigenvalue weighted by atomic mass is 10.1. The average Bonchev–Trinajstić information content (AvgIpc) is 2.26. The molecule has 1 aromatic carbocycles. The summed E-state index contributed by atoms with van der Waals surface area (Å²) in [4.78, 5) is 0. The quantitative estimate of drug-likeness (QED) is 0.784. The molecule has 1 aromatic rings. The molecule has 0 fully saturated rings. The third kappa shape index (κ3) is 5.02. The Morgan fingerprint density at radius 2 is 2.00 bits per heavy atom. The van der Waals surface area contributed by atoms with Gasteiger partial charge in [0.2, 0.25) is 0 Å². The summed E-state index contributed by atoms with van der Waals surface area (Å²) in [6, 6.07) is 3.53. The summed E-state index contributed by atoms with van der Waals surface area (Å²) >= 11 is 12.1. The molecule has 0 radical (unpaired) electrons. The van der Waals surface area contributed by atoms with Crippen LogP contribution in [0.25, 0.3) is 0 Å². The molecule has 1 rings (SSSR count). The molecule has 0 amide bonds. The normalized spacial score (nSPS) is 12.5. The standard InChI is InChI=1S/C13H19Cl2NO2/c1-3-17-4-5-18-13-10(6-9(2)16)7-11(14)8-12(13)15/h7-9H,3-6,16H2,1-2H3. The number of rotatable bonds is 7. The molecule has 0 spiro atoms. The monoisotopic (exact) mass is 291 g/mol. The van der Waals surface area contributed by atoms with Gasteiger partial charge in [0.05, 0.1) is 11.6 Å². The Morgan fingerprint density at radius 1 is 1.28 bits per heavy atom. The van der Waals surface area contributed by atoms with Gasteiger partial charge in [0.15, 0.2) is 0 Å². The van der Waals surface area contributed by atoms with Crippen molar-refractivity contribution in [3.05, 3.63) is 27.7 Å². The van der Waals surface area contributed by atoms with Crippen LogP contribution in [0.5, 0.6) is 5.75 Å². The Hall–Kier alpha value is -0.480. The molecule has 0 aliphatic carbocycles. The van der Waals surface area contributed by atoms with Crippen molar-refractivity contribution in [3.63, 3.8) is 0 Å². The lowest BCUT2D eigenvalue weighted by molar-refractivity contribution is 0.110. The smallest absolute Gasteiger partial charge is 0.141 e. The molecule has 0 aliphatic rings. The molecule has 0 aliphatic heterocycles. The van der Waals surface area contributed by atoms with Crippen LogP contribution in [0.2, 0.25) is 10.0 Å². The van der Waals surface area contributed by atoms with Gasteiger partial charge in [0, 0.05) is 17.7 Å². The fourth-order valence-corrected chi connectivity index (χ4v) is 2.21. The first kappa shape index (κ1) is 15.6. The predicted molar refractivity (Wildman–Crippen MR) is 75.8 cm³/mol. The second-order valence-electron chi connectivity index (χ2n) is 4.10. The van der Waals surface area contributed by atoms with Crippen molar-refractivity contribution in [2.75, 3.05) is 19.8 Å². The van der Waals surface area contributed by atoms with Gasteiger partial charge in [-0.1, -0.05) is 23.2 Å². The summed E-state index contributed by atoms with van der Waals surface area (Å²) in [5.41, 5.74) is 6.73. The summed E-state index contributed by atoms with van der Waals surface area (Å²) in [6.07, 6.45) is 0.671. The van der Waals surface area contributed by atoms with Crippen molar-refractivity contribution in [1.29, 1.82) is 0 Å². The molecule has 0 saturated heterocycles. The largest absolute Gasteiger partial charge is 0.489 e. The van der Waals surface area contributed by atoms with Crippen LogP contribution in [0, 0.1) is 0 Å². The molecular formula is C13H19Cl2NO2. The first-order valence-electron chi connectivity index (χ1n) is 5.98. The van der Waals surface area contributed by atoms with E-state index in [2.05, 4.69) is 0 Å². The summed E-state index contributed by atoms with van der Waals surface area (Å²) in [7, 11) is 0. The minimum absolute atomic E-state index is 0.0220. The number of hydrogen-bond acceptors (Lipinski definition) is 3. The molecule has 3 nitrogen and oxygen atoms in total. The summed E-state index contributed by atoms with van der Waals surface area (Å²) in [5, 5.41) is 1.10. The Labute approximate surface area is 118 Å². The van der Waals surface area contributed by atoms with Gasteiger partial charge in [-0.05, 0) is 38.0 Å². The van der Waals surface area contributed by atoms with Crippen molar-refractivity contribution < 1.29 is 9.47 Å². The van der Waals surface area contributed by atoms with Crippen molar-refractivity contribution >= 4 is 23.2 Å². The minimum atomic E-state index is 0.0220. The lowest BCUT2D eigenvalue weighted by Crippen LogP contribution is -2.19. The lowest BCUT2D eigenvalue weighted by Gasteiger charge is -2.15. The highest BCUT2D eigenvalue weighted by atomic mass is 35.5. The zero-order valence-corrected chi connectivity index (χ0v) is 12.2. The van der Waals surface area contributed by atoms with E-state index in [4.69, 9.17) is 38.4 Å². The topological polar surface area (TPSA) is 44.5 Å². The SMILES string of the molecule is CCOCCOc1c(Cl)cc(Cl)cc1CC(C)N. The van der Waals surface area contributed by atoms with Crippen LogP contribution in [-0.2, 0) is 11.2 Å². The van der Waals surface area contributed by atoms with Gasteiger partial charge in [0.1, 0.15) is 12.4 Å². The number of halogens is 2. The zero-order valence-electron chi connectivity index (χ0n) is 10.7. The third-order valence-corrected chi connectivity index (χ3v) is 2.80. The maximum Gasteiger partial charge on any atom is 0.141 e. The van der Waals surface area contributed by atoms with Crippen LogP contribution in [0.15, 0.2) is 12.1 Å². The zero-order chi connectivity index (χ0) is 13.5. The highest BCUT2D eigenvalue weighted by molar-refractivity contribution is 6.35. The Kier molecular flexibility index (Phi) is 6.79. The van der Waals surface area contributed by atoms with Crippen molar-refractivity contribution in [1.82, 2.24) is 0 Å². The number of ether oxygens (including phenoxy) is 2. The fraction of sp³-hybridized carbons (Fsp3) is 0.538. The molecule has 1 unspecified atom stereocenters. The van der Waals surface area contributed by atoms with E-state index in [1.54, 1.807) is 6.07 Å². The average molecular weight is 292 g/mol. The number of benzene rings is 1. The van der Waals surface area contributed by atoms with Crippen LogP contribution in [-0.4, -0.2) is 25.9 Å². The molecular weight excluding hydrogens is 273 g/mol. The van der Waals surface area contributed by atoms with Gasteiger partial charge in [0.25, 0.3) is 0 Å². The first-order valence-corrected chi connectivity index (χ1v) is 6.74. The predicted octanol–water partition coefficient (Wildman–Crippen LogP) is 3.30. The van der Waals surface area contributed by atoms with E-state index in [1.165, 1.54) is 0 Å². The molecule has 1 atom stereocenters. The maximum atomic E-state index is 6.14. The second-order valence-corrected chi connectivity index (χ2v) is 4.95. The van der Waals surface area contributed by atoms with Gasteiger partial charge in [-0.2, -0.15) is 0 Å². The van der Waals surface area contributed by atoms with E-state index in [9.17, 15) is 0 Å². The second kappa shape index (κ2) is 7.85. The molecule has 0 heterocycles. The fourth-order valence-electron chi connectivity index (χ4n) is 1.62. The van der Waals surface area contributed by atoms with Crippen LogP contribution in [0.1, 0.15) is 19.4 Å². The van der Waals surface area contributed by atoms with E-state index < -0.39 is 0 Å². The van der Waals surface area contributed by atoms with Crippen molar-refractivity contribution in [3.8, 4) is 5.75 Å². The van der Waals surface area contributed by atoms with Crippen LogP contribution in [0.4, 0.5) is 0 Å². The molecule has 0 bridgehead atoms. The molecule has 18 heavy (non-hydrogen) atoms. The van der Waals surface area contributed by atoms with Gasteiger partial charge in [-0.3, -0.25) is 0 Å². The van der Waals surface area contributed by atoms with Gasteiger partial charge < -0.3 is 15.2 Å². The summed E-state index contributed by atoms with van der Waals surface area (Å²) < 4.78 is 10.9. The number of hydrogen-bond donors (Lipinski definition) is 1. The molecule has 0 saturated carbocycles. The molecule has 5 heteroatoms. The highest BCUT2D eigenvalue weighted by Gasteiger charge is 2.12. The van der Waals surface area contributed by atoms with Crippen LogP contribution >= 0.6 is 23.2 Å². The first-order chi connectivity index (χ1) is 8.54. The number of nitrogens with two attached hydrogens (primary N) is 1. The molecule has 0 aromatic heterocycles. The van der Waals surface area contributed by atoms with Gasteiger partial charge in [-0.15, -0.1) is 0 Å². The Balaban J connectivity index is 2.79. The van der Waals surface area contributed by atoms with E-state index in [1.807, 2.05) is 19.9 Å². The maximum absolute atomic E-state index is 6.14. The summed E-state index contributed by atoms with van der Waals surface area (Å²) in [6.45, 7) is 5.54. The van der Waals surface area contributed by atoms with Gasteiger partial charge in [-0.25, -0.2) is 0 Å². The molecule has 2 N–H and O–H groups in total. The van der Waals surface area contributed by atoms with E-state index >= 15 is 0 Å². The van der Waals surface area contributed by atoms with Crippen LogP contribution in [0.3, 0.4) is 0 Å². The minimum Gasteiger partial charge on any atom is -0.489 e. The van der Waals surface area contributed by atoms with E-state index in [-0.39, 0.29) is 6.04 Å². The van der Waals surface area contributed by atoms with E-state index in [0.29, 0.717) is 42.0 Å². The Morgan fingerprint density at radius 3 is 2.61 bits per heavy atom. The highest BCUT2D eigenvalue weighted by Crippen LogP contribution is 2.33. The Bertz CT molecular complexity index is 383. The van der Waals surface area contributed by atoms with Crippen LogP contribution < -0.4 is 10.5 Å². The van der Waals surface area contributed by atoms with Gasteiger partial charge >= 0.3 is 0 Å². The van der Waals surface area contributed by atoms with E-state index in [0.717, 1.165) is 5.56 Å². The third-order valence-electron chi connectivity index (χ3n) is 2.31. The molecule has 102 valence electrons. The summed E-state index contributed by atoms with van der Waals surface area (Å²) in [5.74, 6) is 0.651.